The second-order valence-electron chi connectivity index (χ2n) is 10.3. The Bertz CT molecular complexity index is 839. The first-order chi connectivity index (χ1) is 13.9. The highest BCUT2D eigenvalue weighted by Crippen LogP contribution is 2.58. The highest BCUT2D eigenvalue weighted by Gasteiger charge is 2.60. The second kappa shape index (κ2) is 6.75. The fourth-order valence-electron chi connectivity index (χ4n) is 6.67. The minimum atomic E-state index is -0.423. The lowest BCUT2D eigenvalue weighted by Gasteiger charge is -2.61. The van der Waals surface area contributed by atoms with Crippen LogP contribution in [0.15, 0.2) is 24.3 Å². The van der Waals surface area contributed by atoms with E-state index in [2.05, 4.69) is 29.8 Å². The van der Waals surface area contributed by atoms with Crippen molar-refractivity contribution in [1.29, 1.82) is 0 Å². The third kappa shape index (κ3) is 3.04. The zero-order valence-corrected chi connectivity index (χ0v) is 17.6. The first-order valence-electron chi connectivity index (χ1n) is 11.4. The molecular formula is C24H33N3O2. The molecule has 2 bridgehead atoms. The average molecular weight is 396 g/mol. The van der Waals surface area contributed by atoms with Gasteiger partial charge in [-0.15, -0.1) is 0 Å². The Kier molecular flexibility index (Phi) is 4.41. The molecule has 6 rings (SSSR count). The van der Waals surface area contributed by atoms with Crippen molar-refractivity contribution in [3.63, 3.8) is 0 Å². The minimum Gasteiger partial charge on any atom is -0.362 e. The maximum Gasteiger partial charge on any atom is 0.255 e. The van der Waals surface area contributed by atoms with Crippen LogP contribution in [-0.2, 0) is 4.79 Å². The molecule has 6 atom stereocenters. The highest BCUT2D eigenvalue weighted by atomic mass is 16.2. The van der Waals surface area contributed by atoms with Gasteiger partial charge in [-0.1, -0.05) is 38.8 Å². The van der Waals surface area contributed by atoms with Crippen LogP contribution in [0.1, 0.15) is 75.6 Å². The van der Waals surface area contributed by atoms with Gasteiger partial charge in [0.15, 0.2) is 0 Å². The first kappa shape index (κ1) is 19.0. The Labute approximate surface area is 173 Å². The molecule has 0 aromatic heterocycles. The molecule has 4 fully saturated rings. The molecule has 29 heavy (non-hydrogen) atoms. The van der Waals surface area contributed by atoms with Crippen molar-refractivity contribution >= 4 is 17.5 Å². The number of hydrogen-bond donors (Lipinski definition) is 3. The first-order valence-corrected chi connectivity index (χ1v) is 11.4. The molecule has 1 spiro atoms. The van der Waals surface area contributed by atoms with E-state index in [1.165, 1.54) is 19.3 Å². The predicted octanol–water partition coefficient (Wildman–Crippen LogP) is 4.06. The molecule has 4 saturated carbocycles. The summed E-state index contributed by atoms with van der Waals surface area (Å²) in [5.41, 5.74) is 1.12. The lowest BCUT2D eigenvalue weighted by atomic mass is 9.51. The molecule has 156 valence electrons. The molecule has 3 N–H and O–H groups in total. The van der Waals surface area contributed by atoms with Crippen LogP contribution in [-0.4, -0.2) is 23.5 Å². The van der Waals surface area contributed by atoms with Crippen molar-refractivity contribution in [3.05, 3.63) is 29.8 Å². The van der Waals surface area contributed by atoms with E-state index in [1.54, 1.807) is 0 Å². The normalized spacial score (nSPS) is 40.7. The molecule has 5 heteroatoms. The van der Waals surface area contributed by atoms with Gasteiger partial charge in [0.2, 0.25) is 5.91 Å². The molecular weight excluding hydrogens is 362 g/mol. The molecule has 1 aliphatic heterocycles. The smallest absolute Gasteiger partial charge is 0.255 e. The standard InChI is InChI=1S/C24H33N3O2/c1-15-7-3-5-9-19(15)25-22(29)18-13-16-11-12-23(18,2)14-24(16)26-20-10-6-4-8-17(20)21(28)27-24/h4,6,8,10,15-16,18-19,26H,3,5,7,9,11-14H2,1-2H3,(H,25,29)(H,27,28)/t15?,16?,18?,19?,23?,24-/m0/s1. The van der Waals surface area contributed by atoms with Crippen LogP contribution in [0, 0.1) is 23.2 Å². The fraction of sp³-hybridized carbons (Fsp3) is 0.667. The van der Waals surface area contributed by atoms with E-state index in [0.717, 1.165) is 37.8 Å². The van der Waals surface area contributed by atoms with Crippen molar-refractivity contribution in [2.24, 2.45) is 23.2 Å². The van der Waals surface area contributed by atoms with Crippen LogP contribution in [0.25, 0.3) is 0 Å². The molecule has 5 nitrogen and oxygen atoms in total. The van der Waals surface area contributed by atoms with E-state index in [9.17, 15) is 9.59 Å². The van der Waals surface area contributed by atoms with Gasteiger partial charge >= 0.3 is 0 Å². The van der Waals surface area contributed by atoms with E-state index in [1.807, 2.05) is 24.3 Å². The van der Waals surface area contributed by atoms with Gasteiger partial charge in [-0.25, -0.2) is 0 Å². The zero-order chi connectivity index (χ0) is 20.2. The third-order valence-corrected chi connectivity index (χ3v) is 8.43. The maximum absolute atomic E-state index is 13.3. The zero-order valence-electron chi connectivity index (χ0n) is 17.6. The Morgan fingerprint density at radius 1 is 1.14 bits per heavy atom. The number of carbonyl (C=O) groups is 2. The van der Waals surface area contributed by atoms with Gasteiger partial charge in [-0.3, -0.25) is 9.59 Å². The van der Waals surface area contributed by atoms with Gasteiger partial charge in [0, 0.05) is 23.6 Å². The Balaban J connectivity index is 1.36. The van der Waals surface area contributed by atoms with Crippen LogP contribution in [0.3, 0.4) is 0 Å². The van der Waals surface area contributed by atoms with Gasteiger partial charge < -0.3 is 16.0 Å². The lowest BCUT2D eigenvalue weighted by molar-refractivity contribution is -0.140. The Morgan fingerprint density at radius 2 is 1.93 bits per heavy atom. The molecule has 0 radical (unpaired) electrons. The van der Waals surface area contributed by atoms with Crippen LogP contribution >= 0.6 is 0 Å². The molecule has 1 aromatic rings. The largest absolute Gasteiger partial charge is 0.362 e. The van der Waals surface area contributed by atoms with Gasteiger partial charge in [0.05, 0.1) is 5.56 Å². The van der Waals surface area contributed by atoms with Crippen molar-refractivity contribution in [1.82, 2.24) is 10.6 Å². The van der Waals surface area contributed by atoms with E-state index in [-0.39, 0.29) is 29.1 Å². The molecule has 1 aromatic carbocycles. The van der Waals surface area contributed by atoms with Crippen LogP contribution in [0.5, 0.6) is 0 Å². The summed E-state index contributed by atoms with van der Waals surface area (Å²) in [7, 11) is 0. The summed E-state index contributed by atoms with van der Waals surface area (Å²) in [6.07, 6.45) is 8.59. The predicted molar refractivity (Wildman–Crippen MR) is 113 cm³/mol. The van der Waals surface area contributed by atoms with Crippen molar-refractivity contribution in [2.45, 2.75) is 76.9 Å². The van der Waals surface area contributed by atoms with Crippen molar-refractivity contribution in [2.75, 3.05) is 5.32 Å². The summed E-state index contributed by atoms with van der Waals surface area (Å²) in [6, 6.07) is 8.07. The van der Waals surface area contributed by atoms with Crippen LogP contribution in [0.4, 0.5) is 5.69 Å². The van der Waals surface area contributed by atoms with Crippen LogP contribution < -0.4 is 16.0 Å². The number of anilines is 1. The summed E-state index contributed by atoms with van der Waals surface area (Å²) in [6.45, 7) is 4.53. The number of nitrogens with one attached hydrogen (secondary N) is 3. The third-order valence-electron chi connectivity index (χ3n) is 8.43. The number of amides is 2. The lowest BCUT2D eigenvalue weighted by Crippen LogP contribution is -2.70. The van der Waals surface area contributed by atoms with Crippen molar-refractivity contribution < 1.29 is 9.59 Å². The SMILES string of the molecule is CC1CCCCC1NC(=O)C1CC2CCC1(C)C[C@]21NC(=O)c2ccccc2N1. The summed E-state index contributed by atoms with van der Waals surface area (Å²) >= 11 is 0. The topological polar surface area (TPSA) is 70.2 Å². The van der Waals surface area contributed by atoms with Crippen LogP contribution in [0.2, 0.25) is 0 Å². The van der Waals surface area contributed by atoms with Crippen molar-refractivity contribution in [3.8, 4) is 0 Å². The number of benzene rings is 1. The summed E-state index contributed by atoms with van der Waals surface area (Å²) in [4.78, 5) is 26.1. The average Bonchev–Trinajstić information content (AvgIpc) is 2.69. The van der Waals surface area contributed by atoms with Gasteiger partial charge in [-0.2, -0.15) is 0 Å². The number of carbonyl (C=O) groups excluding carboxylic acids is 2. The van der Waals surface area contributed by atoms with Gasteiger partial charge in [0.25, 0.3) is 5.91 Å². The molecule has 5 unspecified atom stereocenters. The number of para-hydroxylation sites is 1. The van der Waals surface area contributed by atoms with E-state index in [4.69, 9.17) is 0 Å². The summed E-state index contributed by atoms with van der Waals surface area (Å²) in [5, 5.41) is 10.4. The van der Waals surface area contributed by atoms with E-state index < -0.39 is 5.66 Å². The summed E-state index contributed by atoms with van der Waals surface area (Å²) in [5.74, 6) is 1.14. The Hall–Kier alpha value is -2.04. The molecule has 1 heterocycles. The highest BCUT2D eigenvalue weighted by molar-refractivity contribution is 6.02. The summed E-state index contributed by atoms with van der Waals surface area (Å²) < 4.78 is 0. The maximum atomic E-state index is 13.3. The molecule has 2 amide bonds. The monoisotopic (exact) mass is 395 g/mol. The number of fused-ring (bicyclic) bond motifs is 3. The number of rotatable bonds is 2. The van der Waals surface area contributed by atoms with Gasteiger partial charge in [-0.05, 0) is 62.0 Å². The quantitative estimate of drug-likeness (QED) is 0.707. The fourth-order valence-corrected chi connectivity index (χ4v) is 6.67. The molecule has 4 aliphatic carbocycles. The van der Waals surface area contributed by atoms with Gasteiger partial charge in [0.1, 0.15) is 5.66 Å². The van der Waals surface area contributed by atoms with E-state index >= 15 is 0 Å². The molecule has 0 saturated heterocycles. The molecule has 5 aliphatic rings. The minimum absolute atomic E-state index is 0.00697. The second-order valence-corrected chi connectivity index (χ2v) is 10.3. The number of hydrogen-bond acceptors (Lipinski definition) is 3. The van der Waals surface area contributed by atoms with E-state index in [0.29, 0.717) is 17.5 Å². The Morgan fingerprint density at radius 3 is 2.72 bits per heavy atom.